The molecule has 0 aliphatic carbocycles. The van der Waals surface area contributed by atoms with Gasteiger partial charge >= 0.3 is 0 Å². The van der Waals surface area contributed by atoms with E-state index in [1.807, 2.05) is 38.4 Å². The van der Waals surface area contributed by atoms with E-state index >= 15 is 0 Å². The normalized spacial score (nSPS) is 12.0. The number of nitrogens with one attached hydrogen (secondary N) is 1. The maximum Gasteiger partial charge on any atom is 0.253 e. The molecule has 0 saturated carbocycles. The molecule has 4 heteroatoms. The van der Waals surface area contributed by atoms with Crippen LogP contribution in [0.3, 0.4) is 0 Å². The third-order valence-electron chi connectivity index (χ3n) is 2.81. The number of amides is 1. The molecule has 17 heavy (non-hydrogen) atoms. The van der Waals surface area contributed by atoms with Gasteiger partial charge in [0.05, 0.1) is 0 Å². The Hall–Kier alpha value is -1.16. The number of carbonyl (C=O) groups excluding carboxylic acids is 1. The summed E-state index contributed by atoms with van der Waals surface area (Å²) in [5.41, 5.74) is 1.75. The molecule has 0 bridgehead atoms. The number of nitrogens with zero attached hydrogens (tertiary/aromatic N) is 1. The van der Waals surface area contributed by atoms with Gasteiger partial charge in [0.15, 0.2) is 0 Å². The molecule has 3 nitrogen and oxygen atoms in total. The van der Waals surface area contributed by atoms with Gasteiger partial charge in [0.1, 0.15) is 0 Å². The van der Waals surface area contributed by atoms with Gasteiger partial charge in [0.25, 0.3) is 5.91 Å². The van der Waals surface area contributed by atoms with Gasteiger partial charge in [0, 0.05) is 37.1 Å². The summed E-state index contributed by atoms with van der Waals surface area (Å²) in [6.45, 7) is 2.07. The van der Waals surface area contributed by atoms with Crippen LogP contribution in [0.2, 0.25) is 0 Å². The van der Waals surface area contributed by atoms with Crippen LogP contribution in [-0.4, -0.2) is 43.0 Å². The van der Waals surface area contributed by atoms with Gasteiger partial charge in [-0.2, -0.15) is 11.8 Å². The van der Waals surface area contributed by atoms with Crippen LogP contribution in [0.5, 0.6) is 0 Å². The molecular weight excluding hydrogens is 232 g/mol. The third-order valence-corrected chi connectivity index (χ3v) is 3.63. The molecule has 0 fully saturated rings. The topological polar surface area (TPSA) is 32.3 Å². The van der Waals surface area contributed by atoms with Gasteiger partial charge in [-0.3, -0.25) is 4.79 Å². The fourth-order valence-corrected chi connectivity index (χ4v) is 2.24. The zero-order valence-corrected chi connectivity index (χ0v) is 11.7. The molecule has 94 valence electrons. The van der Waals surface area contributed by atoms with E-state index in [9.17, 15) is 4.79 Å². The Kier molecular flexibility index (Phi) is 5.35. The van der Waals surface area contributed by atoms with Gasteiger partial charge in [-0.25, -0.2) is 0 Å². The van der Waals surface area contributed by atoms with Gasteiger partial charge in [-0.15, -0.1) is 0 Å². The molecule has 0 radical (unpaired) electrons. The largest absolute Gasteiger partial charge is 0.388 e. The summed E-state index contributed by atoms with van der Waals surface area (Å²) < 4.78 is 0. The van der Waals surface area contributed by atoms with E-state index in [0.29, 0.717) is 0 Å². The summed E-state index contributed by atoms with van der Waals surface area (Å²) in [5, 5.41) is 3.04. The molecule has 1 atom stereocenters. The average Bonchev–Trinajstić information content (AvgIpc) is 2.37. The molecule has 0 heterocycles. The van der Waals surface area contributed by atoms with E-state index < -0.39 is 0 Å². The fourth-order valence-electron chi connectivity index (χ4n) is 1.54. The predicted octanol–water partition coefficient (Wildman–Crippen LogP) is 2.55. The quantitative estimate of drug-likeness (QED) is 0.874. The lowest BCUT2D eigenvalue weighted by molar-refractivity contribution is 0.0757. The molecule has 0 spiro atoms. The Balaban J connectivity index is 2.74. The molecule has 0 aliphatic rings. The first-order chi connectivity index (χ1) is 8.10. The zero-order chi connectivity index (χ0) is 12.8. The maximum atomic E-state index is 12.2. The number of thioether (sulfide) groups is 1. The van der Waals surface area contributed by atoms with Crippen molar-refractivity contribution in [2.24, 2.45) is 0 Å². The van der Waals surface area contributed by atoms with Crippen LogP contribution < -0.4 is 5.32 Å². The van der Waals surface area contributed by atoms with Gasteiger partial charge in [-0.1, -0.05) is 0 Å². The van der Waals surface area contributed by atoms with Crippen LogP contribution in [-0.2, 0) is 0 Å². The standard InChI is InChI=1S/C13H20N2OS/c1-10(9-17-4)15(3)13(16)11-5-7-12(14-2)8-6-11/h5-8,10,14H,9H2,1-4H3. The number of hydrogen-bond acceptors (Lipinski definition) is 3. The number of rotatable bonds is 5. The van der Waals surface area contributed by atoms with Crippen LogP contribution in [0.4, 0.5) is 5.69 Å². The van der Waals surface area contributed by atoms with Crippen molar-refractivity contribution in [3.05, 3.63) is 29.8 Å². The highest BCUT2D eigenvalue weighted by Crippen LogP contribution is 2.12. The summed E-state index contributed by atoms with van der Waals surface area (Å²) >= 11 is 1.75. The van der Waals surface area contributed by atoms with Gasteiger partial charge < -0.3 is 10.2 Å². The molecule has 1 aromatic rings. The Morgan fingerprint density at radius 3 is 2.47 bits per heavy atom. The minimum atomic E-state index is 0.0780. The van der Waals surface area contributed by atoms with Crippen LogP contribution in [0.1, 0.15) is 17.3 Å². The van der Waals surface area contributed by atoms with Crippen molar-refractivity contribution >= 4 is 23.4 Å². The monoisotopic (exact) mass is 252 g/mol. The first-order valence-corrected chi connectivity index (χ1v) is 7.03. The Labute approximate surface area is 108 Å². The summed E-state index contributed by atoms with van der Waals surface area (Å²) in [7, 11) is 3.72. The molecule has 0 aromatic heterocycles. The minimum absolute atomic E-state index is 0.0780. The van der Waals surface area contributed by atoms with Crippen molar-refractivity contribution in [3.63, 3.8) is 0 Å². The average molecular weight is 252 g/mol. The van der Waals surface area contributed by atoms with Crippen molar-refractivity contribution < 1.29 is 4.79 Å². The Morgan fingerprint density at radius 2 is 2.00 bits per heavy atom. The lowest BCUT2D eigenvalue weighted by Crippen LogP contribution is -2.36. The minimum Gasteiger partial charge on any atom is -0.388 e. The van der Waals surface area contributed by atoms with Gasteiger partial charge in [-0.05, 0) is 37.4 Å². The molecular formula is C13H20N2OS. The number of carbonyl (C=O) groups is 1. The van der Waals surface area contributed by atoms with Crippen molar-refractivity contribution in [2.45, 2.75) is 13.0 Å². The summed E-state index contributed by atoms with van der Waals surface area (Å²) in [5.74, 6) is 1.03. The van der Waals surface area contributed by atoms with Crippen molar-refractivity contribution in [2.75, 3.05) is 31.4 Å². The van der Waals surface area contributed by atoms with Gasteiger partial charge in [0.2, 0.25) is 0 Å². The molecule has 1 amide bonds. The summed E-state index contributed by atoms with van der Waals surface area (Å²) in [6, 6.07) is 7.80. The predicted molar refractivity (Wildman–Crippen MR) is 75.9 cm³/mol. The van der Waals surface area contributed by atoms with E-state index in [0.717, 1.165) is 17.0 Å². The molecule has 1 rings (SSSR count). The van der Waals surface area contributed by atoms with E-state index in [2.05, 4.69) is 18.5 Å². The van der Waals surface area contributed by atoms with Crippen LogP contribution >= 0.6 is 11.8 Å². The first-order valence-electron chi connectivity index (χ1n) is 5.64. The molecule has 0 aliphatic heterocycles. The number of benzene rings is 1. The van der Waals surface area contributed by atoms with Crippen molar-refractivity contribution in [1.29, 1.82) is 0 Å². The number of anilines is 1. The molecule has 0 saturated heterocycles. The molecule has 1 N–H and O–H groups in total. The highest BCUT2D eigenvalue weighted by atomic mass is 32.2. The lowest BCUT2D eigenvalue weighted by atomic mass is 10.1. The Bertz CT molecular complexity index is 364. The maximum absolute atomic E-state index is 12.2. The number of hydrogen-bond donors (Lipinski definition) is 1. The van der Waals surface area contributed by atoms with Crippen molar-refractivity contribution in [1.82, 2.24) is 4.90 Å². The molecule has 1 unspecified atom stereocenters. The van der Waals surface area contributed by atoms with E-state index in [1.54, 1.807) is 16.7 Å². The van der Waals surface area contributed by atoms with Crippen LogP contribution in [0.15, 0.2) is 24.3 Å². The Morgan fingerprint density at radius 1 is 1.41 bits per heavy atom. The second-order valence-corrected chi connectivity index (χ2v) is 4.96. The van der Waals surface area contributed by atoms with Crippen molar-refractivity contribution in [3.8, 4) is 0 Å². The molecule has 1 aromatic carbocycles. The van der Waals surface area contributed by atoms with Crippen LogP contribution in [0.25, 0.3) is 0 Å². The second kappa shape index (κ2) is 6.55. The smallest absolute Gasteiger partial charge is 0.253 e. The third kappa shape index (κ3) is 3.66. The van der Waals surface area contributed by atoms with Crippen LogP contribution in [0, 0.1) is 0 Å². The lowest BCUT2D eigenvalue weighted by Gasteiger charge is -2.24. The first kappa shape index (κ1) is 13.9. The second-order valence-electron chi connectivity index (χ2n) is 4.05. The highest BCUT2D eigenvalue weighted by Gasteiger charge is 2.16. The summed E-state index contributed by atoms with van der Waals surface area (Å²) in [6.07, 6.45) is 2.05. The zero-order valence-electron chi connectivity index (χ0n) is 10.9. The van der Waals surface area contributed by atoms with E-state index in [4.69, 9.17) is 0 Å². The van der Waals surface area contributed by atoms with E-state index in [-0.39, 0.29) is 11.9 Å². The van der Waals surface area contributed by atoms with E-state index in [1.165, 1.54) is 0 Å². The SMILES string of the molecule is CNc1ccc(C(=O)N(C)C(C)CSC)cc1. The fraction of sp³-hybridized carbons (Fsp3) is 0.462. The summed E-state index contributed by atoms with van der Waals surface area (Å²) in [4.78, 5) is 14.0. The highest BCUT2D eigenvalue weighted by molar-refractivity contribution is 7.98.